The van der Waals surface area contributed by atoms with Crippen LogP contribution in [0.1, 0.15) is 11.5 Å². The molecule has 1 aromatic carbocycles. The molecule has 7 nitrogen and oxygen atoms in total. The van der Waals surface area contributed by atoms with Crippen molar-refractivity contribution in [2.45, 2.75) is 19.4 Å². The van der Waals surface area contributed by atoms with Gasteiger partial charge in [-0.2, -0.15) is 0 Å². The highest BCUT2D eigenvalue weighted by molar-refractivity contribution is 5.92. The highest BCUT2D eigenvalue weighted by atomic mass is 16.5. The summed E-state index contributed by atoms with van der Waals surface area (Å²) in [6.07, 6.45) is 2.86. The van der Waals surface area contributed by atoms with Crippen molar-refractivity contribution in [1.82, 2.24) is 9.97 Å². The van der Waals surface area contributed by atoms with E-state index in [4.69, 9.17) is 4.74 Å². The van der Waals surface area contributed by atoms with Crippen molar-refractivity contribution >= 4 is 17.6 Å². The van der Waals surface area contributed by atoms with Crippen molar-refractivity contribution < 1.29 is 19.4 Å². The van der Waals surface area contributed by atoms with E-state index >= 15 is 0 Å². The number of hydrogen-bond donors (Lipinski definition) is 2. The number of rotatable bonds is 3. The van der Waals surface area contributed by atoms with E-state index in [9.17, 15) is 14.7 Å². The van der Waals surface area contributed by atoms with Crippen molar-refractivity contribution in [2.75, 3.05) is 18.6 Å². The van der Waals surface area contributed by atoms with Gasteiger partial charge >= 0.3 is 5.97 Å². The third-order valence-electron chi connectivity index (χ3n) is 5.06. The largest absolute Gasteiger partial charge is 0.478 e. The second-order valence-electron chi connectivity index (χ2n) is 6.68. The number of fused-ring (bicyclic) bond motifs is 3. The third kappa shape index (κ3) is 2.78. The molecule has 1 aliphatic heterocycles. The minimum absolute atomic E-state index is 0.00946. The molecule has 0 spiro atoms. The van der Waals surface area contributed by atoms with E-state index < -0.39 is 12.1 Å². The van der Waals surface area contributed by atoms with Crippen LogP contribution in [0.4, 0.5) is 5.69 Å². The molecule has 142 valence electrons. The molecule has 2 N–H and O–H groups in total. The first kappa shape index (κ1) is 18.0. The van der Waals surface area contributed by atoms with E-state index in [1.165, 1.54) is 13.2 Å². The molecule has 0 saturated carbocycles. The summed E-state index contributed by atoms with van der Waals surface area (Å²) in [7, 11) is 1.38. The maximum absolute atomic E-state index is 11.8. The number of benzene rings is 1. The third-order valence-corrected chi connectivity index (χ3v) is 5.06. The summed E-state index contributed by atoms with van der Waals surface area (Å²) in [6, 6.07) is 7.83. The minimum atomic E-state index is -1.12. The van der Waals surface area contributed by atoms with Crippen LogP contribution in [0, 0.1) is 6.92 Å². The topological polar surface area (TPSA) is 95.5 Å². The number of allylic oxidation sites excluding steroid dienone is 2. The Morgan fingerprint density at radius 3 is 2.86 bits per heavy atom. The number of imidazole rings is 1. The van der Waals surface area contributed by atoms with Gasteiger partial charge in [-0.3, -0.25) is 0 Å². The fourth-order valence-corrected chi connectivity index (χ4v) is 3.85. The minimum Gasteiger partial charge on any atom is -0.478 e. The Kier molecular flexibility index (Phi) is 4.47. The van der Waals surface area contributed by atoms with Crippen LogP contribution in [-0.4, -0.2) is 46.7 Å². The maximum atomic E-state index is 11.8. The second kappa shape index (κ2) is 6.96. The molecule has 0 radical (unpaired) electrons. The first-order valence-corrected chi connectivity index (χ1v) is 8.91. The zero-order valence-electron chi connectivity index (χ0n) is 15.5. The molecule has 7 heteroatoms. The maximum Gasteiger partial charge on any atom is 0.334 e. The average Bonchev–Trinajstić information content (AvgIpc) is 3.00. The second-order valence-corrected chi connectivity index (χ2v) is 6.68. The number of carbonyl (C=O) groups is 1. The quantitative estimate of drug-likeness (QED) is 0.798. The fourth-order valence-electron chi connectivity index (χ4n) is 3.85. The van der Waals surface area contributed by atoms with Crippen molar-refractivity contribution in [1.29, 1.82) is 0 Å². The standard InChI is InChI=1S/C21H19N3O4/c1-12-22-16-9-10-24(17-6-4-3-5-13(17)19(16)23-12)18-8-7-14(21(26)27)20(28-2)15(18)11-25/h3-8,20H,9-10H2,1-2H3,(H,22,23)(H,26,27). The van der Waals surface area contributed by atoms with Gasteiger partial charge in [-0.25, -0.2) is 14.6 Å². The molecule has 1 atom stereocenters. The summed E-state index contributed by atoms with van der Waals surface area (Å²) >= 11 is 0. The normalized spacial score (nSPS) is 18.4. The summed E-state index contributed by atoms with van der Waals surface area (Å²) in [5.74, 6) is 1.65. The van der Waals surface area contributed by atoms with E-state index in [2.05, 4.69) is 9.97 Å². The molecule has 2 aromatic rings. The zero-order valence-corrected chi connectivity index (χ0v) is 15.5. The monoisotopic (exact) mass is 377 g/mol. The lowest BCUT2D eigenvalue weighted by molar-refractivity contribution is -0.133. The van der Waals surface area contributed by atoms with E-state index in [1.54, 1.807) is 6.08 Å². The lowest BCUT2D eigenvalue weighted by atomic mass is 9.93. The lowest BCUT2D eigenvalue weighted by Crippen LogP contribution is -2.34. The summed E-state index contributed by atoms with van der Waals surface area (Å²) in [5, 5.41) is 9.42. The number of carboxylic acid groups (broad SMARTS) is 1. The average molecular weight is 377 g/mol. The highest BCUT2D eigenvalue weighted by Crippen LogP contribution is 2.39. The van der Waals surface area contributed by atoms with Gasteiger partial charge < -0.3 is 19.7 Å². The number of aromatic amines is 1. The number of ether oxygens (including phenoxy) is 1. The van der Waals surface area contributed by atoms with Crippen LogP contribution >= 0.6 is 0 Å². The van der Waals surface area contributed by atoms with Gasteiger partial charge in [-0.15, -0.1) is 0 Å². The first-order chi connectivity index (χ1) is 13.5. The molecule has 0 amide bonds. The van der Waals surface area contributed by atoms with Gasteiger partial charge in [0.1, 0.15) is 17.9 Å². The number of para-hydroxylation sites is 1. The number of carboxylic acids is 1. The Morgan fingerprint density at radius 2 is 2.14 bits per heavy atom. The number of carbonyl (C=O) groups excluding carboxylic acids is 1. The molecule has 0 saturated heterocycles. The number of H-pyrrole nitrogens is 1. The van der Waals surface area contributed by atoms with Gasteiger partial charge in [0.25, 0.3) is 0 Å². The van der Waals surface area contributed by atoms with Crippen LogP contribution in [0.2, 0.25) is 0 Å². The number of aryl methyl sites for hydroxylation is 1. The summed E-state index contributed by atoms with van der Waals surface area (Å²) in [6.45, 7) is 2.52. The van der Waals surface area contributed by atoms with Crippen molar-refractivity contribution in [3.8, 4) is 11.3 Å². The molecular formula is C21H19N3O4. The molecule has 1 aromatic heterocycles. The van der Waals surface area contributed by atoms with E-state index in [-0.39, 0.29) is 11.1 Å². The summed E-state index contributed by atoms with van der Waals surface area (Å²) < 4.78 is 5.34. The molecule has 0 bridgehead atoms. The van der Waals surface area contributed by atoms with Crippen molar-refractivity contribution in [3.63, 3.8) is 0 Å². The van der Waals surface area contributed by atoms with Crippen LogP contribution in [0.5, 0.6) is 0 Å². The van der Waals surface area contributed by atoms with Gasteiger partial charge in [0.2, 0.25) is 0 Å². The Balaban J connectivity index is 1.87. The number of hydrogen-bond acceptors (Lipinski definition) is 5. The molecule has 2 heterocycles. The molecule has 28 heavy (non-hydrogen) atoms. The van der Waals surface area contributed by atoms with Gasteiger partial charge in [0, 0.05) is 31.3 Å². The number of aromatic nitrogens is 2. The van der Waals surface area contributed by atoms with E-state index in [0.717, 1.165) is 28.5 Å². The van der Waals surface area contributed by atoms with Gasteiger partial charge in [-0.05, 0) is 25.1 Å². The van der Waals surface area contributed by atoms with Gasteiger partial charge in [-0.1, -0.05) is 18.2 Å². The van der Waals surface area contributed by atoms with Gasteiger partial charge in [0.05, 0.1) is 28.2 Å². The molecule has 0 fully saturated rings. The summed E-state index contributed by atoms with van der Waals surface area (Å²) in [5.41, 5.74) is 4.55. The zero-order chi connectivity index (χ0) is 19.8. The van der Waals surface area contributed by atoms with Crippen LogP contribution in [0.3, 0.4) is 0 Å². The van der Waals surface area contributed by atoms with Crippen LogP contribution in [0.25, 0.3) is 11.3 Å². The molecule has 1 aliphatic carbocycles. The Labute approximate surface area is 161 Å². The van der Waals surface area contributed by atoms with Crippen LogP contribution in [0.15, 0.2) is 53.3 Å². The fraction of sp³-hybridized carbons (Fsp3) is 0.238. The van der Waals surface area contributed by atoms with E-state index in [1.807, 2.05) is 42.0 Å². The Bertz CT molecular complexity index is 1070. The Hall–Kier alpha value is -3.41. The molecular weight excluding hydrogens is 358 g/mol. The number of aliphatic carboxylic acids is 1. The first-order valence-electron chi connectivity index (χ1n) is 8.91. The SMILES string of the molecule is COC1C(=C=O)C(N2CCc3[nH]c(C)nc3-c3ccccc32)=CC=C1C(=O)O. The Morgan fingerprint density at radius 1 is 1.36 bits per heavy atom. The number of anilines is 1. The van der Waals surface area contributed by atoms with Crippen molar-refractivity contribution in [3.05, 3.63) is 64.8 Å². The smallest absolute Gasteiger partial charge is 0.334 e. The van der Waals surface area contributed by atoms with Crippen LogP contribution in [-0.2, 0) is 20.7 Å². The van der Waals surface area contributed by atoms with Gasteiger partial charge in [0.15, 0.2) is 0 Å². The predicted octanol–water partition coefficient (Wildman–Crippen LogP) is 2.43. The van der Waals surface area contributed by atoms with Crippen molar-refractivity contribution in [2.24, 2.45) is 0 Å². The number of methoxy groups -OCH3 is 1. The molecule has 2 aliphatic rings. The number of nitrogens with zero attached hydrogens (tertiary/aromatic N) is 2. The lowest BCUT2D eigenvalue weighted by Gasteiger charge is -2.32. The number of nitrogens with one attached hydrogen (secondary N) is 1. The molecule has 1 unspecified atom stereocenters. The van der Waals surface area contributed by atoms with Crippen LogP contribution < -0.4 is 4.90 Å². The van der Waals surface area contributed by atoms with E-state index in [0.29, 0.717) is 18.7 Å². The highest BCUT2D eigenvalue weighted by Gasteiger charge is 2.34. The molecule has 4 rings (SSSR count). The summed E-state index contributed by atoms with van der Waals surface area (Å²) in [4.78, 5) is 33.3. The predicted molar refractivity (Wildman–Crippen MR) is 104 cm³/mol.